The van der Waals surface area contributed by atoms with Crippen LogP contribution in [-0.4, -0.2) is 90.7 Å². The Labute approximate surface area is 184 Å². The smallest absolute Gasteiger partial charge is 0.272 e. The first-order valence-corrected chi connectivity index (χ1v) is 11.0. The van der Waals surface area contributed by atoms with Gasteiger partial charge in [0.25, 0.3) is 5.91 Å². The lowest BCUT2D eigenvalue weighted by Gasteiger charge is -2.30. The molecule has 3 heterocycles. The second kappa shape index (κ2) is 9.93. The van der Waals surface area contributed by atoms with Crippen LogP contribution in [0.25, 0.3) is 6.08 Å². The molecule has 9 heteroatoms. The van der Waals surface area contributed by atoms with E-state index in [2.05, 4.69) is 31.1 Å². The molecule has 0 spiro atoms. The predicted molar refractivity (Wildman–Crippen MR) is 120 cm³/mol. The quantitative estimate of drug-likeness (QED) is 0.683. The van der Waals surface area contributed by atoms with Crippen molar-refractivity contribution >= 4 is 17.9 Å². The van der Waals surface area contributed by atoms with Crippen LogP contribution >= 0.6 is 0 Å². The Morgan fingerprint density at radius 3 is 2.55 bits per heavy atom. The van der Waals surface area contributed by atoms with E-state index >= 15 is 0 Å². The van der Waals surface area contributed by atoms with Crippen LogP contribution < -0.4 is 10.6 Å². The highest BCUT2D eigenvalue weighted by atomic mass is 16.5. The molecule has 1 aromatic rings. The summed E-state index contributed by atoms with van der Waals surface area (Å²) in [5, 5.41) is 5.57. The van der Waals surface area contributed by atoms with Gasteiger partial charge in [-0.3, -0.25) is 19.4 Å². The van der Waals surface area contributed by atoms with Gasteiger partial charge >= 0.3 is 0 Å². The number of morpholine rings is 1. The largest absolute Gasteiger partial charge is 0.379 e. The Morgan fingerprint density at radius 1 is 1.19 bits per heavy atom. The number of nitrogens with one attached hydrogen (secondary N) is 2. The highest BCUT2D eigenvalue weighted by Gasteiger charge is 2.34. The number of aromatic nitrogens is 2. The molecule has 0 aromatic carbocycles. The van der Waals surface area contributed by atoms with Gasteiger partial charge in [-0.25, -0.2) is 4.98 Å². The fraction of sp³-hybridized carbons (Fsp3) is 0.682. The van der Waals surface area contributed by atoms with Crippen molar-refractivity contribution in [3.63, 3.8) is 0 Å². The maximum Gasteiger partial charge on any atom is 0.272 e. The first kappa shape index (κ1) is 23.4. The minimum atomic E-state index is -0.649. The highest BCUT2D eigenvalue weighted by molar-refractivity contribution is 5.97. The zero-order chi connectivity index (χ0) is 22.6. The van der Waals surface area contributed by atoms with Crippen molar-refractivity contribution in [1.82, 2.24) is 30.0 Å². The van der Waals surface area contributed by atoms with Crippen LogP contribution in [0.15, 0.2) is 6.08 Å². The van der Waals surface area contributed by atoms with E-state index in [4.69, 9.17) is 9.72 Å². The lowest BCUT2D eigenvalue weighted by atomic mass is 9.86. The third-order valence-corrected chi connectivity index (χ3v) is 5.83. The van der Waals surface area contributed by atoms with Crippen LogP contribution in [0.3, 0.4) is 0 Å². The topological polar surface area (TPSA) is 91.7 Å². The normalized spacial score (nSPS) is 19.3. The van der Waals surface area contributed by atoms with E-state index in [-0.39, 0.29) is 11.8 Å². The van der Waals surface area contributed by atoms with Gasteiger partial charge in [-0.2, -0.15) is 0 Å². The standard InChI is InChI=1S/C22H36N6O3/c1-22(2,3)19(21(30)23-4)25-20(29)18-16-15-26(5)9-10-28(16)17(24-18)7-6-8-27-11-13-31-14-12-27/h6-7,19H,8-15H2,1-5H3,(H,23,30)(H,25,29)/t19-/m1/s1. The van der Waals surface area contributed by atoms with Crippen molar-refractivity contribution in [2.75, 3.05) is 53.5 Å². The molecule has 1 fully saturated rings. The fourth-order valence-electron chi connectivity index (χ4n) is 3.94. The number of hydrogen-bond acceptors (Lipinski definition) is 6. The van der Waals surface area contributed by atoms with Gasteiger partial charge in [0.15, 0.2) is 5.69 Å². The number of fused-ring (bicyclic) bond motifs is 1. The molecule has 1 atom stereocenters. The van der Waals surface area contributed by atoms with Gasteiger partial charge in [-0.1, -0.05) is 26.8 Å². The molecule has 0 bridgehead atoms. The lowest BCUT2D eigenvalue weighted by molar-refractivity contribution is -0.124. The van der Waals surface area contributed by atoms with E-state index in [1.165, 1.54) is 0 Å². The zero-order valence-electron chi connectivity index (χ0n) is 19.4. The Hall–Kier alpha value is -2.23. The van der Waals surface area contributed by atoms with E-state index in [1.807, 2.05) is 33.9 Å². The Balaban J connectivity index is 1.82. The minimum absolute atomic E-state index is 0.211. The number of amides is 2. The molecule has 0 saturated carbocycles. The van der Waals surface area contributed by atoms with Crippen LogP contribution in [0, 0.1) is 5.41 Å². The van der Waals surface area contributed by atoms with Gasteiger partial charge in [0.05, 0.1) is 18.9 Å². The molecule has 0 unspecified atom stereocenters. The molecule has 1 aromatic heterocycles. The SMILES string of the molecule is CNC(=O)[C@@H](NC(=O)c1nc(C=CCN2CCOCC2)n2c1CN(C)CC2)C(C)(C)C. The average molecular weight is 433 g/mol. The van der Waals surface area contributed by atoms with E-state index in [0.717, 1.165) is 57.5 Å². The van der Waals surface area contributed by atoms with Crippen LogP contribution in [0.2, 0.25) is 0 Å². The predicted octanol–water partition coefficient (Wildman–Crippen LogP) is 0.564. The van der Waals surface area contributed by atoms with Crippen LogP contribution in [0.1, 0.15) is 42.8 Å². The molecule has 172 valence electrons. The minimum Gasteiger partial charge on any atom is -0.379 e. The van der Waals surface area contributed by atoms with Crippen LogP contribution in [0.5, 0.6) is 0 Å². The number of likely N-dealkylation sites (N-methyl/N-ethyl adjacent to an activating group) is 2. The van der Waals surface area contributed by atoms with E-state index < -0.39 is 11.5 Å². The summed E-state index contributed by atoms with van der Waals surface area (Å²) < 4.78 is 7.52. The van der Waals surface area contributed by atoms with Crippen molar-refractivity contribution in [3.8, 4) is 0 Å². The molecule has 31 heavy (non-hydrogen) atoms. The third-order valence-electron chi connectivity index (χ3n) is 5.83. The maximum atomic E-state index is 13.2. The van der Waals surface area contributed by atoms with Crippen molar-refractivity contribution in [2.45, 2.75) is 39.9 Å². The molecule has 2 aliphatic rings. The average Bonchev–Trinajstić information content (AvgIpc) is 3.09. The summed E-state index contributed by atoms with van der Waals surface area (Å²) in [7, 11) is 3.62. The summed E-state index contributed by atoms with van der Waals surface area (Å²) in [6, 6.07) is -0.649. The maximum absolute atomic E-state index is 13.2. The van der Waals surface area contributed by atoms with Gasteiger partial charge in [0.2, 0.25) is 5.91 Å². The number of carbonyl (C=O) groups is 2. The number of imidazole rings is 1. The summed E-state index contributed by atoms with van der Waals surface area (Å²) >= 11 is 0. The molecule has 2 amide bonds. The van der Waals surface area contributed by atoms with E-state index in [9.17, 15) is 9.59 Å². The van der Waals surface area contributed by atoms with Crippen LogP contribution in [0.4, 0.5) is 0 Å². The molecule has 1 saturated heterocycles. The van der Waals surface area contributed by atoms with Crippen LogP contribution in [-0.2, 0) is 22.6 Å². The van der Waals surface area contributed by atoms with Crippen molar-refractivity contribution in [2.24, 2.45) is 5.41 Å². The van der Waals surface area contributed by atoms with Gasteiger partial charge in [-0.05, 0) is 18.5 Å². The zero-order valence-corrected chi connectivity index (χ0v) is 19.4. The van der Waals surface area contributed by atoms with Gasteiger partial charge in [0, 0.05) is 46.3 Å². The monoisotopic (exact) mass is 432 g/mol. The molecule has 3 rings (SSSR count). The lowest BCUT2D eigenvalue weighted by Crippen LogP contribution is -2.53. The molecule has 2 aliphatic heterocycles. The van der Waals surface area contributed by atoms with Gasteiger partial charge in [-0.15, -0.1) is 0 Å². The molecule has 0 aliphatic carbocycles. The van der Waals surface area contributed by atoms with Crippen molar-refractivity contribution in [3.05, 3.63) is 23.3 Å². The second-order valence-electron chi connectivity index (χ2n) is 9.36. The third kappa shape index (κ3) is 5.72. The summed E-state index contributed by atoms with van der Waals surface area (Å²) in [6.45, 7) is 12.3. The number of rotatable bonds is 6. The summed E-state index contributed by atoms with van der Waals surface area (Å²) in [6.07, 6.45) is 4.10. The number of carbonyl (C=O) groups excluding carboxylic acids is 2. The van der Waals surface area contributed by atoms with Gasteiger partial charge in [0.1, 0.15) is 11.9 Å². The second-order valence-corrected chi connectivity index (χ2v) is 9.36. The molecule has 2 N–H and O–H groups in total. The first-order chi connectivity index (χ1) is 14.7. The Bertz CT molecular complexity index is 820. The first-order valence-electron chi connectivity index (χ1n) is 11.0. The van der Waals surface area contributed by atoms with Crippen molar-refractivity contribution in [1.29, 1.82) is 0 Å². The summed E-state index contributed by atoms with van der Waals surface area (Å²) in [5.74, 6) is 0.265. The molecule has 0 radical (unpaired) electrons. The number of hydrogen-bond donors (Lipinski definition) is 2. The molecular weight excluding hydrogens is 396 g/mol. The Morgan fingerprint density at radius 2 is 1.90 bits per heavy atom. The number of ether oxygens (including phenoxy) is 1. The van der Waals surface area contributed by atoms with E-state index in [1.54, 1.807) is 7.05 Å². The van der Waals surface area contributed by atoms with E-state index in [0.29, 0.717) is 12.2 Å². The summed E-state index contributed by atoms with van der Waals surface area (Å²) in [5.41, 5.74) is 0.866. The Kier molecular flexibility index (Phi) is 7.51. The molecular formula is C22H36N6O3. The summed E-state index contributed by atoms with van der Waals surface area (Å²) in [4.78, 5) is 34.8. The van der Waals surface area contributed by atoms with Crippen molar-refractivity contribution < 1.29 is 14.3 Å². The number of nitrogens with zero attached hydrogens (tertiary/aromatic N) is 4. The van der Waals surface area contributed by atoms with Gasteiger partial charge < -0.3 is 19.9 Å². The fourth-order valence-corrected chi connectivity index (χ4v) is 3.94. The highest BCUT2D eigenvalue weighted by Crippen LogP contribution is 2.23. The molecule has 9 nitrogen and oxygen atoms in total.